The predicted octanol–water partition coefficient (Wildman–Crippen LogP) is 2.86. The Bertz CT molecular complexity index is 460. The van der Waals surface area contributed by atoms with Crippen molar-refractivity contribution in [2.24, 2.45) is 5.11 Å². The van der Waals surface area contributed by atoms with Gasteiger partial charge in [-0.1, -0.05) is 39.2 Å². The number of hydrogen-bond acceptors (Lipinski definition) is 3. The number of carbonyl (C=O) groups is 1. The third-order valence-electron chi connectivity index (χ3n) is 2.31. The molecule has 0 saturated carbocycles. The van der Waals surface area contributed by atoms with Crippen molar-refractivity contribution < 1.29 is 9.90 Å². The summed E-state index contributed by atoms with van der Waals surface area (Å²) in [4.78, 5) is 13.8. The number of hydrogen-bond donors (Lipinski definition) is 2. The van der Waals surface area contributed by atoms with E-state index in [1.807, 2.05) is 6.07 Å². The lowest BCUT2D eigenvalue weighted by Crippen LogP contribution is -2.29. The molecule has 96 valence electrons. The quantitative estimate of drug-likeness (QED) is 0.350. The molecule has 0 aliphatic heterocycles. The largest absolute Gasteiger partial charge is 0.480 e. The topological polar surface area (TPSA) is 98.1 Å². The fourth-order valence-corrected chi connectivity index (χ4v) is 1.99. The number of carboxylic acids is 1. The van der Waals surface area contributed by atoms with E-state index in [-0.39, 0.29) is 0 Å². The minimum atomic E-state index is -0.939. The Morgan fingerprint density at radius 3 is 2.89 bits per heavy atom. The highest BCUT2D eigenvalue weighted by Gasteiger charge is 2.20. The van der Waals surface area contributed by atoms with Gasteiger partial charge in [-0.2, -0.15) is 0 Å². The van der Waals surface area contributed by atoms with Crippen LogP contribution in [0.25, 0.3) is 10.4 Å². The molecule has 0 aliphatic carbocycles. The van der Waals surface area contributed by atoms with Crippen LogP contribution in [0.5, 0.6) is 0 Å². The van der Waals surface area contributed by atoms with Crippen LogP contribution in [-0.4, -0.2) is 24.2 Å². The molecule has 0 amide bonds. The van der Waals surface area contributed by atoms with Gasteiger partial charge in [0.25, 0.3) is 0 Å². The third kappa shape index (κ3) is 4.37. The van der Waals surface area contributed by atoms with Crippen LogP contribution in [0, 0.1) is 0 Å². The highest BCUT2D eigenvalue weighted by Crippen LogP contribution is 2.23. The first-order valence-corrected chi connectivity index (χ1v) is 6.17. The molecule has 0 radical (unpaired) electrons. The number of carboxylic acid groups (broad SMARTS) is 1. The summed E-state index contributed by atoms with van der Waals surface area (Å²) in [5, 5.41) is 15.5. The fraction of sp³-hybridized carbons (Fsp3) is 0.364. The highest BCUT2D eigenvalue weighted by molar-refractivity contribution is 9.10. The van der Waals surface area contributed by atoms with E-state index in [4.69, 9.17) is 5.53 Å². The number of aliphatic carboxylic acids is 1. The molecule has 1 aromatic rings. The van der Waals surface area contributed by atoms with Crippen molar-refractivity contribution in [2.75, 3.05) is 13.1 Å². The molecule has 7 heteroatoms. The number of benzene rings is 1. The maximum absolute atomic E-state index is 11.2. The van der Waals surface area contributed by atoms with Crippen molar-refractivity contribution in [3.8, 4) is 0 Å². The smallest absolute Gasteiger partial charge is 0.325 e. The van der Waals surface area contributed by atoms with Gasteiger partial charge in [0.05, 0.1) is 0 Å². The Labute approximate surface area is 113 Å². The SMILES string of the molecule is [N-]=[N+]=NCCCNC(C(=O)O)c1ccccc1Br. The van der Waals surface area contributed by atoms with E-state index in [2.05, 4.69) is 31.3 Å². The van der Waals surface area contributed by atoms with Crippen LogP contribution < -0.4 is 5.32 Å². The van der Waals surface area contributed by atoms with Gasteiger partial charge in [0.15, 0.2) is 0 Å². The Balaban J connectivity index is 2.64. The summed E-state index contributed by atoms with van der Waals surface area (Å²) < 4.78 is 0.750. The van der Waals surface area contributed by atoms with Gasteiger partial charge in [-0.3, -0.25) is 4.79 Å². The molecule has 1 atom stereocenters. The Morgan fingerprint density at radius 2 is 2.28 bits per heavy atom. The predicted molar refractivity (Wildman–Crippen MR) is 71.2 cm³/mol. The molecule has 0 fully saturated rings. The second kappa shape index (κ2) is 7.71. The number of nitrogens with one attached hydrogen (secondary N) is 1. The zero-order valence-electron chi connectivity index (χ0n) is 9.58. The zero-order valence-corrected chi connectivity index (χ0v) is 11.2. The molecule has 0 aromatic heterocycles. The molecule has 0 aliphatic rings. The standard InChI is InChI=1S/C11H13BrN4O2/c12-9-5-2-1-4-8(9)10(11(17)18)14-6-3-7-15-16-13/h1-2,4-5,10,14H,3,6-7H2,(H,17,18). The number of nitrogens with zero attached hydrogens (tertiary/aromatic N) is 3. The second-order valence-corrected chi connectivity index (χ2v) is 4.41. The van der Waals surface area contributed by atoms with E-state index < -0.39 is 12.0 Å². The maximum atomic E-state index is 11.2. The molecule has 6 nitrogen and oxygen atoms in total. The van der Waals surface area contributed by atoms with Gasteiger partial charge in [-0.25, -0.2) is 0 Å². The first kappa shape index (κ1) is 14.5. The van der Waals surface area contributed by atoms with Gasteiger partial charge in [0.1, 0.15) is 6.04 Å². The summed E-state index contributed by atoms with van der Waals surface area (Å²) in [7, 11) is 0. The first-order valence-electron chi connectivity index (χ1n) is 5.38. The van der Waals surface area contributed by atoms with E-state index in [1.54, 1.807) is 18.2 Å². The van der Waals surface area contributed by atoms with Gasteiger partial charge in [0, 0.05) is 15.9 Å². The van der Waals surface area contributed by atoms with E-state index >= 15 is 0 Å². The molecule has 0 bridgehead atoms. The van der Waals surface area contributed by atoms with Crippen molar-refractivity contribution in [1.29, 1.82) is 0 Å². The van der Waals surface area contributed by atoms with Gasteiger partial charge in [0.2, 0.25) is 0 Å². The van der Waals surface area contributed by atoms with E-state index in [1.165, 1.54) is 0 Å². The monoisotopic (exact) mass is 312 g/mol. The van der Waals surface area contributed by atoms with Crippen LogP contribution in [0.2, 0.25) is 0 Å². The van der Waals surface area contributed by atoms with Gasteiger partial charge in [-0.05, 0) is 30.1 Å². The summed E-state index contributed by atoms with van der Waals surface area (Å²) in [6.07, 6.45) is 0.596. The second-order valence-electron chi connectivity index (χ2n) is 3.55. The van der Waals surface area contributed by atoms with Crippen LogP contribution >= 0.6 is 15.9 Å². The molecule has 1 unspecified atom stereocenters. The van der Waals surface area contributed by atoms with E-state index in [9.17, 15) is 9.90 Å². The van der Waals surface area contributed by atoms with Crippen molar-refractivity contribution in [2.45, 2.75) is 12.5 Å². The molecule has 0 spiro atoms. The first-order chi connectivity index (χ1) is 8.66. The van der Waals surface area contributed by atoms with Gasteiger partial charge in [-0.15, -0.1) is 0 Å². The minimum absolute atomic E-state index is 0.353. The van der Waals surface area contributed by atoms with Crippen LogP contribution in [0.3, 0.4) is 0 Å². The third-order valence-corrected chi connectivity index (χ3v) is 3.03. The lowest BCUT2D eigenvalue weighted by atomic mass is 10.1. The molecular formula is C11H13BrN4O2. The molecule has 0 saturated heterocycles. The average Bonchev–Trinajstić information content (AvgIpc) is 2.35. The van der Waals surface area contributed by atoms with E-state index in [0.29, 0.717) is 25.1 Å². The van der Waals surface area contributed by atoms with Crippen molar-refractivity contribution in [3.05, 3.63) is 44.7 Å². The van der Waals surface area contributed by atoms with Crippen LogP contribution in [0.1, 0.15) is 18.0 Å². The summed E-state index contributed by atoms with van der Waals surface area (Å²) in [6, 6.07) is 6.40. The van der Waals surface area contributed by atoms with Gasteiger partial charge >= 0.3 is 5.97 Å². The Kier molecular flexibility index (Phi) is 6.21. The van der Waals surface area contributed by atoms with Crippen molar-refractivity contribution in [1.82, 2.24) is 5.32 Å². The van der Waals surface area contributed by atoms with Gasteiger partial charge < -0.3 is 10.4 Å². The van der Waals surface area contributed by atoms with Crippen molar-refractivity contribution in [3.63, 3.8) is 0 Å². The molecular weight excluding hydrogens is 300 g/mol. The van der Waals surface area contributed by atoms with Crippen LogP contribution in [-0.2, 0) is 4.79 Å². The lowest BCUT2D eigenvalue weighted by Gasteiger charge is -2.15. The highest BCUT2D eigenvalue weighted by atomic mass is 79.9. The average molecular weight is 313 g/mol. The molecule has 1 aromatic carbocycles. The zero-order chi connectivity index (χ0) is 13.4. The lowest BCUT2D eigenvalue weighted by molar-refractivity contribution is -0.139. The van der Waals surface area contributed by atoms with E-state index in [0.717, 1.165) is 4.47 Å². The molecule has 18 heavy (non-hydrogen) atoms. The van der Waals surface area contributed by atoms with Crippen LogP contribution in [0.4, 0.5) is 0 Å². The summed E-state index contributed by atoms with van der Waals surface area (Å²) in [5.74, 6) is -0.939. The summed E-state index contributed by atoms with van der Waals surface area (Å²) >= 11 is 3.33. The normalized spacial score (nSPS) is 11.6. The number of halogens is 1. The summed E-state index contributed by atoms with van der Waals surface area (Å²) in [5.41, 5.74) is 8.79. The van der Waals surface area contributed by atoms with Crippen molar-refractivity contribution >= 4 is 21.9 Å². The Morgan fingerprint density at radius 1 is 1.56 bits per heavy atom. The molecule has 0 heterocycles. The fourth-order valence-electron chi connectivity index (χ4n) is 1.48. The molecule has 2 N–H and O–H groups in total. The summed E-state index contributed by atoms with van der Waals surface area (Å²) in [6.45, 7) is 0.823. The molecule has 1 rings (SSSR count). The number of azide groups is 1. The Hall–Kier alpha value is -1.56. The van der Waals surface area contributed by atoms with Crippen LogP contribution in [0.15, 0.2) is 33.9 Å². The maximum Gasteiger partial charge on any atom is 0.325 e. The minimum Gasteiger partial charge on any atom is -0.480 e. The number of rotatable bonds is 7.